The minimum Gasteiger partial charge on any atom is -0.439 e. The maximum atomic E-state index is 12.5. The average molecular weight is 398 g/mol. The fourth-order valence-electron chi connectivity index (χ4n) is 2.34. The molecule has 0 unspecified atom stereocenters. The number of carbonyl (C=O) groups excluding carboxylic acids is 2. The number of esters is 1. The van der Waals surface area contributed by atoms with E-state index >= 15 is 0 Å². The van der Waals surface area contributed by atoms with Gasteiger partial charge in [-0.15, -0.1) is 16.9 Å². The molecule has 1 aromatic heterocycles. The zero-order chi connectivity index (χ0) is 20.1. The Hall–Kier alpha value is -3.20. The number of thioether (sulfide) groups is 1. The Morgan fingerprint density at radius 1 is 1.11 bits per heavy atom. The van der Waals surface area contributed by atoms with Crippen LogP contribution >= 0.6 is 11.8 Å². The summed E-state index contributed by atoms with van der Waals surface area (Å²) in [6.07, 6.45) is 0. The number of rotatable bonds is 6. The summed E-state index contributed by atoms with van der Waals surface area (Å²) in [5, 5.41) is 8.14. The van der Waals surface area contributed by atoms with E-state index in [-0.39, 0.29) is 18.4 Å². The maximum absolute atomic E-state index is 12.5. The molecular weight excluding hydrogens is 380 g/mol. The number of hydrogen-bond donors (Lipinski definition) is 0. The summed E-state index contributed by atoms with van der Waals surface area (Å²) in [5.74, 6) is -0.471. The summed E-state index contributed by atoms with van der Waals surface area (Å²) in [5.41, 5.74) is 0.404. The van der Waals surface area contributed by atoms with Gasteiger partial charge in [0.2, 0.25) is 5.91 Å². The summed E-state index contributed by atoms with van der Waals surface area (Å²) < 4.78 is 6.24. The van der Waals surface area contributed by atoms with Crippen LogP contribution in [-0.4, -0.2) is 51.6 Å². The van der Waals surface area contributed by atoms with Crippen molar-refractivity contribution >= 4 is 34.5 Å². The highest BCUT2D eigenvalue weighted by Gasteiger charge is 2.15. The van der Waals surface area contributed by atoms with E-state index in [1.165, 1.54) is 16.7 Å². The SMILES string of the molecule is CN(C)C(=O)CSc1ccccc1C(=O)OCn1nnc2ccccc2c1=O. The van der Waals surface area contributed by atoms with Crippen molar-refractivity contribution in [2.75, 3.05) is 19.8 Å². The third-order valence-electron chi connectivity index (χ3n) is 3.90. The zero-order valence-electron chi connectivity index (χ0n) is 15.4. The molecule has 0 radical (unpaired) electrons. The highest BCUT2D eigenvalue weighted by Crippen LogP contribution is 2.23. The molecule has 8 nitrogen and oxygen atoms in total. The molecule has 0 N–H and O–H groups in total. The number of benzene rings is 2. The second-order valence-corrected chi connectivity index (χ2v) is 7.06. The first kappa shape index (κ1) is 19.6. The van der Waals surface area contributed by atoms with Gasteiger partial charge in [0.1, 0.15) is 5.52 Å². The van der Waals surface area contributed by atoms with Crippen LogP contribution in [0, 0.1) is 0 Å². The van der Waals surface area contributed by atoms with Gasteiger partial charge >= 0.3 is 5.97 Å². The molecule has 0 saturated carbocycles. The molecule has 0 aliphatic carbocycles. The van der Waals surface area contributed by atoms with Crippen molar-refractivity contribution in [2.24, 2.45) is 0 Å². The molecule has 3 aromatic rings. The summed E-state index contributed by atoms with van der Waals surface area (Å²) >= 11 is 1.25. The molecule has 0 aliphatic heterocycles. The van der Waals surface area contributed by atoms with E-state index in [0.717, 1.165) is 4.68 Å². The van der Waals surface area contributed by atoms with Crippen molar-refractivity contribution in [1.29, 1.82) is 0 Å². The standard InChI is InChI=1S/C19H18N4O4S/c1-22(2)17(24)11-28-16-10-6-4-8-14(16)19(26)27-12-23-18(25)13-7-3-5-9-15(13)20-21-23/h3-10H,11-12H2,1-2H3. The Morgan fingerprint density at radius 2 is 1.82 bits per heavy atom. The first-order chi connectivity index (χ1) is 13.5. The van der Waals surface area contributed by atoms with E-state index in [0.29, 0.717) is 21.4 Å². The number of hydrogen-bond acceptors (Lipinski definition) is 7. The Morgan fingerprint density at radius 3 is 2.61 bits per heavy atom. The number of carbonyl (C=O) groups is 2. The molecule has 0 atom stereocenters. The Balaban J connectivity index is 1.73. The van der Waals surface area contributed by atoms with Crippen molar-refractivity contribution in [3.8, 4) is 0 Å². The quantitative estimate of drug-likeness (QED) is 0.461. The van der Waals surface area contributed by atoms with Crippen LogP contribution < -0.4 is 5.56 Å². The fourth-order valence-corrected chi connectivity index (χ4v) is 3.35. The van der Waals surface area contributed by atoms with E-state index in [1.54, 1.807) is 62.6 Å². The van der Waals surface area contributed by atoms with Crippen molar-refractivity contribution in [3.63, 3.8) is 0 Å². The predicted molar refractivity (Wildman–Crippen MR) is 105 cm³/mol. The molecule has 3 rings (SSSR count). The number of fused-ring (bicyclic) bond motifs is 1. The second-order valence-electron chi connectivity index (χ2n) is 6.05. The van der Waals surface area contributed by atoms with Crippen LogP contribution in [0.2, 0.25) is 0 Å². The molecule has 0 spiro atoms. The Kier molecular flexibility index (Phi) is 6.05. The van der Waals surface area contributed by atoms with Gasteiger partial charge in [-0.05, 0) is 24.3 Å². The molecule has 0 fully saturated rings. The summed E-state index contributed by atoms with van der Waals surface area (Å²) in [6.45, 7) is -0.356. The van der Waals surface area contributed by atoms with Gasteiger partial charge in [0, 0.05) is 19.0 Å². The number of ether oxygens (including phenoxy) is 1. The molecule has 144 valence electrons. The zero-order valence-corrected chi connectivity index (χ0v) is 16.2. The lowest BCUT2D eigenvalue weighted by Crippen LogP contribution is -2.26. The van der Waals surface area contributed by atoms with Crippen LogP contribution in [0.15, 0.2) is 58.2 Å². The minimum atomic E-state index is -0.609. The minimum absolute atomic E-state index is 0.0637. The topological polar surface area (TPSA) is 94.4 Å². The van der Waals surface area contributed by atoms with Gasteiger partial charge in [-0.25, -0.2) is 4.79 Å². The predicted octanol–water partition coefficient (Wildman–Crippen LogP) is 1.79. The van der Waals surface area contributed by atoms with Gasteiger partial charge in [0.05, 0.1) is 16.7 Å². The molecule has 0 aliphatic rings. The second kappa shape index (κ2) is 8.66. The van der Waals surface area contributed by atoms with E-state index in [2.05, 4.69) is 10.3 Å². The molecule has 1 heterocycles. The largest absolute Gasteiger partial charge is 0.439 e. The lowest BCUT2D eigenvalue weighted by molar-refractivity contribution is -0.125. The Bertz CT molecular complexity index is 1080. The van der Waals surface area contributed by atoms with E-state index in [1.807, 2.05) is 0 Å². The van der Waals surface area contributed by atoms with Crippen LogP contribution in [0.1, 0.15) is 10.4 Å². The van der Waals surface area contributed by atoms with Gasteiger partial charge in [-0.1, -0.05) is 29.5 Å². The highest BCUT2D eigenvalue weighted by molar-refractivity contribution is 8.00. The normalized spacial score (nSPS) is 10.6. The molecule has 28 heavy (non-hydrogen) atoms. The maximum Gasteiger partial charge on any atom is 0.341 e. The van der Waals surface area contributed by atoms with Crippen LogP contribution in [0.3, 0.4) is 0 Å². The molecule has 0 saturated heterocycles. The van der Waals surface area contributed by atoms with Gasteiger partial charge < -0.3 is 9.64 Å². The molecular formula is C19H18N4O4S. The lowest BCUT2D eigenvalue weighted by Gasteiger charge is -2.12. The number of nitrogens with zero attached hydrogens (tertiary/aromatic N) is 4. The highest BCUT2D eigenvalue weighted by atomic mass is 32.2. The van der Waals surface area contributed by atoms with Crippen molar-refractivity contribution < 1.29 is 14.3 Å². The molecule has 9 heteroatoms. The van der Waals surface area contributed by atoms with Gasteiger partial charge in [0.15, 0.2) is 6.73 Å². The smallest absolute Gasteiger partial charge is 0.341 e. The summed E-state index contributed by atoms with van der Waals surface area (Å²) in [4.78, 5) is 38.8. The average Bonchev–Trinajstić information content (AvgIpc) is 2.71. The van der Waals surface area contributed by atoms with Crippen LogP contribution in [0.25, 0.3) is 10.9 Å². The van der Waals surface area contributed by atoms with Crippen LogP contribution in [0.4, 0.5) is 0 Å². The third kappa shape index (κ3) is 4.37. The van der Waals surface area contributed by atoms with Gasteiger partial charge in [-0.2, -0.15) is 4.68 Å². The van der Waals surface area contributed by atoms with Crippen molar-refractivity contribution in [2.45, 2.75) is 11.6 Å². The summed E-state index contributed by atoms with van der Waals surface area (Å²) in [6, 6.07) is 13.6. The van der Waals surface area contributed by atoms with E-state index in [4.69, 9.17) is 4.74 Å². The lowest BCUT2D eigenvalue weighted by atomic mass is 10.2. The molecule has 0 bridgehead atoms. The first-order valence-electron chi connectivity index (χ1n) is 8.39. The first-order valence-corrected chi connectivity index (χ1v) is 9.37. The van der Waals surface area contributed by atoms with Gasteiger partial charge in [-0.3, -0.25) is 9.59 Å². The fraction of sp³-hybridized carbons (Fsp3) is 0.211. The van der Waals surface area contributed by atoms with Crippen molar-refractivity contribution in [1.82, 2.24) is 19.9 Å². The number of amides is 1. The van der Waals surface area contributed by atoms with Crippen LogP contribution in [0.5, 0.6) is 0 Å². The van der Waals surface area contributed by atoms with Crippen molar-refractivity contribution in [3.05, 3.63) is 64.4 Å². The third-order valence-corrected chi connectivity index (χ3v) is 4.96. The molecule has 1 amide bonds. The van der Waals surface area contributed by atoms with Gasteiger partial charge in [0.25, 0.3) is 5.56 Å². The summed E-state index contributed by atoms with van der Waals surface area (Å²) in [7, 11) is 3.34. The Labute approximate surface area is 165 Å². The van der Waals surface area contributed by atoms with E-state index < -0.39 is 11.5 Å². The van der Waals surface area contributed by atoms with Crippen LogP contribution in [-0.2, 0) is 16.3 Å². The van der Waals surface area contributed by atoms with E-state index in [9.17, 15) is 14.4 Å². The monoisotopic (exact) mass is 398 g/mol. The number of aromatic nitrogens is 3. The molecule has 2 aromatic carbocycles.